The second-order valence-electron chi connectivity index (χ2n) is 7.06. The molecular weight excluding hydrogens is 487 g/mol. The summed E-state index contributed by atoms with van der Waals surface area (Å²) in [6.45, 7) is 6.71. The Kier molecular flexibility index (Phi) is 20.0. The lowest BCUT2D eigenvalue weighted by Gasteiger charge is -2.09. The Balaban J connectivity index is 1.76. The topological polar surface area (TPSA) is 108 Å². The molecule has 0 fully saturated rings. The quantitative estimate of drug-likeness (QED) is 0.138. The summed E-state index contributed by atoms with van der Waals surface area (Å²) in [7, 11) is -3.77. The molecule has 0 aliphatic rings. The molecule has 1 rings (SSSR count). The molecule has 0 saturated carbocycles. The van der Waals surface area contributed by atoms with E-state index in [2.05, 4.69) is 0 Å². The molecule has 0 aliphatic heterocycles. The molecule has 0 heterocycles. The van der Waals surface area contributed by atoms with Crippen LogP contribution < -0.4 is 0 Å². The standard InChI is InChI=1S/C23H39FO10S/c1-22-2-4-23(5-3-22)35(25,26)34-21-20-33-19-18-32-17-16-31-15-14-30-13-12-29-11-10-28-9-8-27-7-6-24/h2-5H,6-21H2,1H3. The number of hydrogen-bond donors (Lipinski definition) is 0. The first-order valence-corrected chi connectivity index (χ1v) is 13.0. The van der Waals surface area contributed by atoms with E-state index in [-0.39, 0.29) is 24.7 Å². The Morgan fingerprint density at radius 1 is 0.543 bits per heavy atom. The van der Waals surface area contributed by atoms with Crippen LogP contribution in [0.15, 0.2) is 29.2 Å². The number of benzene rings is 1. The van der Waals surface area contributed by atoms with Gasteiger partial charge in [0.15, 0.2) is 0 Å². The summed E-state index contributed by atoms with van der Waals surface area (Å²) in [6.07, 6.45) is 0. The normalized spacial score (nSPS) is 11.8. The highest BCUT2D eigenvalue weighted by molar-refractivity contribution is 7.86. The molecule has 204 valence electrons. The van der Waals surface area contributed by atoms with Gasteiger partial charge in [-0.15, -0.1) is 0 Å². The molecule has 0 atom stereocenters. The largest absolute Gasteiger partial charge is 0.377 e. The molecule has 0 N–H and O–H groups in total. The Hall–Kier alpha value is -1.22. The smallest absolute Gasteiger partial charge is 0.297 e. The zero-order valence-electron chi connectivity index (χ0n) is 20.5. The maximum Gasteiger partial charge on any atom is 0.297 e. The van der Waals surface area contributed by atoms with Gasteiger partial charge in [-0.3, -0.25) is 4.18 Å². The molecule has 1 aromatic rings. The number of rotatable bonds is 25. The van der Waals surface area contributed by atoms with E-state index >= 15 is 0 Å². The third kappa shape index (κ3) is 18.7. The summed E-state index contributed by atoms with van der Waals surface area (Å²) in [5, 5.41) is 0. The van der Waals surface area contributed by atoms with Crippen molar-refractivity contribution in [2.24, 2.45) is 0 Å². The third-order valence-electron chi connectivity index (χ3n) is 4.23. The van der Waals surface area contributed by atoms with Crippen LogP contribution in [0, 0.1) is 6.92 Å². The van der Waals surface area contributed by atoms with Crippen molar-refractivity contribution < 1.29 is 50.1 Å². The van der Waals surface area contributed by atoms with Gasteiger partial charge in [0.05, 0.1) is 104 Å². The first-order chi connectivity index (χ1) is 17.1. The maximum atomic E-state index is 12.0. The molecule has 10 nitrogen and oxygen atoms in total. The van der Waals surface area contributed by atoms with Gasteiger partial charge in [-0.25, -0.2) is 4.39 Å². The highest BCUT2D eigenvalue weighted by atomic mass is 32.2. The number of aryl methyl sites for hydroxylation is 1. The lowest BCUT2D eigenvalue weighted by atomic mass is 10.2. The average Bonchev–Trinajstić information content (AvgIpc) is 2.84. The molecule has 0 aliphatic carbocycles. The molecule has 0 unspecified atom stereocenters. The minimum Gasteiger partial charge on any atom is -0.377 e. The van der Waals surface area contributed by atoms with E-state index in [1.807, 2.05) is 6.92 Å². The number of alkyl halides is 1. The van der Waals surface area contributed by atoms with Crippen molar-refractivity contribution in [1.29, 1.82) is 0 Å². The third-order valence-corrected chi connectivity index (χ3v) is 5.56. The van der Waals surface area contributed by atoms with Crippen molar-refractivity contribution in [1.82, 2.24) is 0 Å². The summed E-state index contributed by atoms with van der Waals surface area (Å²) < 4.78 is 77.7. The van der Waals surface area contributed by atoms with Gasteiger partial charge in [-0.05, 0) is 19.1 Å². The first-order valence-electron chi connectivity index (χ1n) is 11.6. The van der Waals surface area contributed by atoms with Crippen molar-refractivity contribution >= 4 is 10.1 Å². The van der Waals surface area contributed by atoms with E-state index in [0.29, 0.717) is 79.3 Å². The zero-order valence-corrected chi connectivity index (χ0v) is 21.3. The Morgan fingerprint density at radius 2 is 0.857 bits per heavy atom. The van der Waals surface area contributed by atoms with Crippen LogP contribution in [-0.2, 0) is 47.5 Å². The predicted octanol–water partition coefficient (Wildman–Crippen LogP) is 1.79. The Bertz CT molecular complexity index is 703. The number of ether oxygens (including phenoxy) is 7. The van der Waals surface area contributed by atoms with Gasteiger partial charge < -0.3 is 33.2 Å². The monoisotopic (exact) mass is 526 g/mol. The summed E-state index contributed by atoms with van der Waals surface area (Å²) in [6, 6.07) is 6.46. The lowest BCUT2D eigenvalue weighted by Crippen LogP contribution is -2.15. The molecule has 35 heavy (non-hydrogen) atoms. The molecule has 0 amide bonds. The predicted molar refractivity (Wildman–Crippen MR) is 126 cm³/mol. The van der Waals surface area contributed by atoms with Gasteiger partial charge in [0, 0.05) is 0 Å². The van der Waals surface area contributed by atoms with Gasteiger partial charge in [0.2, 0.25) is 0 Å². The van der Waals surface area contributed by atoms with Crippen LogP contribution in [0.25, 0.3) is 0 Å². The molecule has 1 aromatic carbocycles. The van der Waals surface area contributed by atoms with E-state index in [4.69, 9.17) is 37.3 Å². The van der Waals surface area contributed by atoms with Crippen LogP contribution in [0.3, 0.4) is 0 Å². The van der Waals surface area contributed by atoms with E-state index in [0.717, 1.165) is 5.56 Å². The van der Waals surface area contributed by atoms with Gasteiger partial charge in [0.25, 0.3) is 10.1 Å². The van der Waals surface area contributed by atoms with Crippen molar-refractivity contribution in [3.05, 3.63) is 29.8 Å². The second kappa shape index (κ2) is 22.0. The van der Waals surface area contributed by atoms with Crippen LogP contribution in [-0.4, -0.2) is 114 Å². The average molecular weight is 527 g/mol. The highest BCUT2D eigenvalue weighted by Crippen LogP contribution is 2.12. The number of hydrogen-bond acceptors (Lipinski definition) is 10. The van der Waals surface area contributed by atoms with Crippen molar-refractivity contribution in [3.63, 3.8) is 0 Å². The lowest BCUT2D eigenvalue weighted by molar-refractivity contribution is -0.0214. The van der Waals surface area contributed by atoms with E-state index in [1.54, 1.807) is 12.1 Å². The van der Waals surface area contributed by atoms with Crippen LogP contribution in [0.1, 0.15) is 5.56 Å². The van der Waals surface area contributed by atoms with E-state index in [9.17, 15) is 12.8 Å². The maximum absolute atomic E-state index is 12.0. The Morgan fingerprint density at radius 3 is 1.20 bits per heavy atom. The van der Waals surface area contributed by atoms with E-state index < -0.39 is 16.8 Å². The van der Waals surface area contributed by atoms with Crippen molar-refractivity contribution in [2.45, 2.75) is 11.8 Å². The van der Waals surface area contributed by atoms with Crippen LogP contribution >= 0.6 is 0 Å². The first kappa shape index (κ1) is 31.8. The minimum absolute atomic E-state index is 0.0593. The van der Waals surface area contributed by atoms with Crippen LogP contribution in [0.5, 0.6) is 0 Å². The van der Waals surface area contributed by atoms with Crippen molar-refractivity contribution in [3.8, 4) is 0 Å². The molecule has 0 radical (unpaired) electrons. The SMILES string of the molecule is Cc1ccc(S(=O)(=O)OCCOCCOCCOCCOCCOCCOCCOCCF)cc1. The van der Waals surface area contributed by atoms with Gasteiger partial charge in [-0.1, -0.05) is 17.7 Å². The highest BCUT2D eigenvalue weighted by Gasteiger charge is 2.14. The van der Waals surface area contributed by atoms with Crippen LogP contribution in [0.2, 0.25) is 0 Å². The van der Waals surface area contributed by atoms with Gasteiger partial charge in [0.1, 0.15) is 6.67 Å². The summed E-state index contributed by atoms with van der Waals surface area (Å²) >= 11 is 0. The fourth-order valence-electron chi connectivity index (χ4n) is 2.45. The summed E-state index contributed by atoms with van der Waals surface area (Å²) in [5.74, 6) is 0. The fraction of sp³-hybridized carbons (Fsp3) is 0.739. The van der Waals surface area contributed by atoms with Gasteiger partial charge in [-0.2, -0.15) is 8.42 Å². The van der Waals surface area contributed by atoms with Crippen LogP contribution in [0.4, 0.5) is 4.39 Å². The molecule has 0 spiro atoms. The van der Waals surface area contributed by atoms with E-state index in [1.165, 1.54) is 12.1 Å². The fourth-order valence-corrected chi connectivity index (χ4v) is 3.34. The summed E-state index contributed by atoms with van der Waals surface area (Å²) in [5.41, 5.74) is 0.974. The van der Waals surface area contributed by atoms with Gasteiger partial charge >= 0.3 is 0 Å². The minimum atomic E-state index is -3.77. The molecule has 0 aromatic heterocycles. The molecule has 12 heteroatoms. The Labute approximate surface area is 208 Å². The molecule has 0 saturated heterocycles. The molecular formula is C23H39FO10S. The number of halogens is 1. The second-order valence-corrected chi connectivity index (χ2v) is 8.68. The zero-order chi connectivity index (χ0) is 25.5. The van der Waals surface area contributed by atoms with Crippen molar-refractivity contribution in [2.75, 3.05) is 106 Å². The molecule has 0 bridgehead atoms. The summed E-state index contributed by atoms with van der Waals surface area (Å²) in [4.78, 5) is 0.126.